The van der Waals surface area contributed by atoms with Gasteiger partial charge >= 0.3 is 0 Å². The molecule has 0 bridgehead atoms. The van der Waals surface area contributed by atoms with Gasteiger partial charge in [0.05, 0.1) is 0 Å². The first-order valence-corrected chi connectivity index (χ1v) is 7.04. The Morgan fingerprint density at radius 3 is 2.48 bits per heavy atom. The predicted octanol–water partition coefficient (Wildman–Crippen LogP) is 3.71. The molecule has 0 saturated heterocycles. The van der Waals surface area contributed by atoms with Crippen LogP contribution < -0.4 is 10.2 Å². The van der Waals surface area contributed by atoms with Crippen LogP contribution in [0.2, 0.25) is 0 Å². The van der Waals surface area contributed by atoms with Crippen molar-refractivity contribution in [2.24, 2.45) is 0 Å². The molecule has 0 spiro atoms. The molecule has 0 fully saturated rings. The number of rotatable bonds is 6. The lowest BCUT2D eigenvalue weighted by atomic mass is 10.1. The van der Waals surface area contributed by atoms with Crippen LogP contribution in [0.3, 0.4) is 0 Å². The fourth-order valence-electron chi connectivity index (χ4n) is 2.23. The van der Waals surface area contributed by atoms with Gasteiger partial charge in [-0.2, -0.15) is 0 Å². The van der Waals surface area contributed by atoms with Gasteiger partial charge in [-0.3, -0.25) is 0 Å². The van der Waals surface area contributed by atoms with E-state index in [-0.39, 0.29) is 11.6 Å². The normalized spacial score (nSPS) is 10.7. The molecule has 0 unspecified atom stereocenters. The van der Waals surface area contributed by atoms with Gasteiger partial charge in [-0.15, -0.1) is 0 Å². The number of nitrogens with zero attached hydrogens (tertiary/aromatic N) is 1. The van der Waals surface area contributed by atoms with E-state index >= 15 is 0 Å². The van der Waals surface area contributed by atoms with Crippen molar-refractivity contribution >= 4 is 5.69 Å². The third kappa shape index (κ3) is 4.53. The van der Waals surface area contributed by atoms with Gasteiger partial charge in [-0.1, -0.05) is 19.1 Å². The highest BCUT2D eigenvalue weighted by Crippen LogP contribution is 2.20. The molecule has 2 rings (SSSR count). The average molecular weight is 290 g/mol. The quantitative estimate of drug-likeness (QED) is 0.872. The number of halogens is 2. The molecule has 0 saturated carbocycles. The maximum absolute atomic E-state index is 13.7. The molecule has 0 radical (unpaired) electrons. The number of benzene rings is 2. The summed E-state index contributed by atoms with van der Waals surface area (Å²) in [6.07, 6.45) is 0. The number of nitrogens with one attached hydrogen (secondary N) is 1. The lowest BCUT2D eigenvalue weighted by molar-refractivity contribution is 0.620. The topological polar surface area (TPSA) is 15.3 Å². The van der Waals surface area contributed by atoms with Gasteiger partial charge < -0.3 is 10.2 Å². The molecule has 2 aromatic rings. The van der Waals surface area contributed by atoms with Crippen molar-refractivity contribution < 1.29 is 8.78 Å². The SMILES string of the molecule is CCNCc1cc(F)cc(N(C)Cc2cccc(F)c2)c1. The standard InChI is InChI=1S/C17H20F2N2/c1-3-20-11-14-8-16(19)10-17(9-14)21(2)12-13-5-4-6-15(18)7-13/h4-10,20H,3,11-12H2,1-2H3. The minimum Gasteiger partial charge on any atom is -0.370 e. The van der Waals surface area contributed by atoms with Gasteiger partial charge in [0.2, 0.25) is 0 Å². The Balaban J connectivity index is 2.14. The van der Waals surface area contributed by atoms with Gasteiger partial charge in [0.15, 0.2) is 0 Å². The smallest absolute Gasteiger partial charge is 0.125 e. The van der Waals surface area contributed by atoms with Crippen LogP contribution in [0.4, 0.5) is 14.5 Å². The lowest BCUT2D eigenvalue weighted by Crippen LogP contribution is -2.18. The Labute approximate surface area is 124 Å². The van der Waals surface area contributed by atoms with Crippen LogP contribution in [0, 0.1) is 11.6 Å². The van der Waals surface area contributed by atoms with Crippen LogP contribution in [0.25, 0.3) is 0 Å². The van der Waals surface area contributed by atoms with Crippen LogP contribution in [0.1, 0.15) is 18.1 Å². The van der Waals surface area contributed by atoms with Crippen molar-refractivity contribution in [3.8, 4) is 0 Å². The second-order valence-corrected chi connectivity index (χ2v) is 5.08. The average Bonchev–Trinajstić information content (AvgIpc) is 2.44. The van der Waals surface area contributed by atoms with Gasteiger partial charge in [0.25, 0.3) is 0 Å². The molecule has 0 aromatic heterocycles. The molecule has 0 aliphatic carbocycles. The molecular weight excluding hydrogens is 270 g/mol. The molecule has 2 aromatic carbocycles. The third-order valence-electron chi connectivity index (χ3n) is 3.27. The van der Waals surface area contributed by atoms with E-state index in [1.165, 1.54) is 24.3 Å². The van der Waals surface area contributed by atoms with Crippen molar-refractivity contribution in [1.29, 1.82) is 0 Å². The highest BCUT2D eigenvalue weighted by Gasteiger charge is 2.07. The predicted molar refractivity (Wildman–Crippen MR) is 82.3 cm³/mol. The van der Waals surface area contributed by atoms with Gasteiger partial charge in [-0.25, -0.2) is 8.78 Å². The highest BCUT2D eigenvalue weighted by molar-refractivity contribution is 5.49. The monoisotopic (exact) mass is 290 g/mol. The van der Waals surface area contributed by atoms with Crippen molar-refractivity contribution in [3.63, 3.8) is 0 Å². The Hall–Kier alpha value is -1.94. The van der Waals surface area contributed by atoms with E-state index in [0.717, 1.165) is 23.4 Å². The largest absolute Gasteiger partial charge is 0.370 e. The molecule has 1 N–H and O–H groups in total. The summed E-state index contributed by atoms with van der Waals surface area (Å²) in [4.78, 5) is 1.91. The first-order chi connectivity index (χ1) is 10.1. The molecule has 0 atom stereocenters. The van der Waals surface area contributed by atoms with Crippen molar-refractivity contribution in [2.75, 3.05) is 18.5 Å². The summed E-state index contributed by atoms with van der Waals surface area (Å²) in [6, 6.07) is 11.4. The second-order valence-electron chi connectivity index (χ2n) is 5.08. The van der Waals surface area contributed by atoms with E-state index < -0.39 is 0 Å². The van der Waals surface area contributed by atoms with Crippen molar-refractivity contribution in [2.45, 2.75) is 20.0 Å². The Morgan fingerprint density at radius 1 is 1.00 bits per heavy atom. The summed E-state index contributed by atoms with van der Waals surface area (Å²) >= 11 is 0. The summed E-state index contributed by atoms with van der Waals surface area (Å²) in [5, 5.41) is 3.18. The van der Waals surface area contributed by atoms with Gasteiger partial charge in [0, 0.05) is 25.8 Å². The van der Waals surface area contributed by atoms with Crippen LogP contribution in [0.15, 0.2) is 42.5 Å². The zero-order chi connectivity index (χ0) is 15.2. The van der Waals surface area contributed by atoms with E-state index in [1.54, 1.807) is 6.07 Å². The molecule has 0 aliphatic heterocycles. The maximum Gasteiger partial charge on any atom is 0.125 e. The van der Waals surface area contributed by atoms with E-state index in [4.69, 9.17) is 0 Å². The molecular formula is C17H20F2N2. The van der Waals surface area contributed by atoms with Crippen LogP contribution in [-0.4, -0.2) is 13.6 Å². The summed E-state index contributed by atoms with van der Waals surface area (Å²) in [7, 11) is 1.87. The fourth-order valence-corrected chi connectivity index (χ4v) is 2.23. The number of anilines is 1. The van der Waals surface area contributed by atoms with Gasteiger partial charge in [0.1, 0.15) is 11.6 Å². The fraction of sp³-hybridized carbons (Fsp3) is 0.294. The third-order valence-corrected chi connectivity index (χ3v) is 3.27. The number of hydrogen-bond donors (Lipinski definition) is 1. The zero-order valence-corrected chi connectivity index (χ0v) is 12.4. The van der Waals surface area contributed by atoms with Crippen LogP contribution in [0.5, 0.6) is 0 Å². The Bertz CT molecular complexity index is 599. The highest BCUT2D eigenvalue weighted by atomic mass is 19.1. The molecule has 112 valence electrons. The molecule has 0 amide bonds. The van der Waals surface area contributed by atoms with Crippen molar-refractivity contribution in [1.82, 2.24) is 5.32 Å². The molecule has 2 nitrogen and oxygen atoms in total. The minimum absolute atomic E-state index is 0.257. The summed E-state index contributed by atoms with van der Waals surface area (Å²) in [5.41, 5.74) is 2.54. The minimum atomic E-state index is -0.258. The van der Waals surface area contributed by atoms with E-state index in [9.17, 15) is 8.78 Å². The Morgan fingerprint density at radius 2 is 1.76 bits per heavy atom. The van der Waals surface area contributed by atoms with Crippen LogP contribution in [-0.2, 0) is 13.1 Å². The van der Waals surface area contributed by atoms with Gasteiger partial charge in [-0.05, 0) is 48.0 Å². The van der Waals surface area contributed by atoms with E-state index in [0.29, 0.717) is 13.1 Å². The van der Waals surface area contributed by atoms with E-state index in [2.05, 4.69) is 5.32 Å². The summed E-state index contributed by atoms with van der Waals surface area (Å²) < 4.78 is 26.9. The molecule has 0 aliphatic rings. The summed E-state index contributed by atoms with van der Waals surface area (Å²) in [5.74, 6) is -0.514. The second kappa shape index (κ2) is 7.18. The summed E-state index contributed by atoms with van der Waals surface area (Å²) in [6.45, 7) is 4.01. The molecule has 4 heteroatoms. The number of hydrogen-bond acceptors (Lipinski definition) is 2. The van der Waals surface area contributed by atoms with Crippen molar-refractivity contribution in [3.05, 3.63) is 65.2 Å². The first kappa shape index (κ1) is 15.4. The molecule has 0 heterocycles. The zero-order valence-electron chi connectivity index (χ0n) is 12.4. The maximum atomic E-state index is 13.7. The lowest BCUT2D eigenvalue weighted by Gasteiger charge is -2.20. The first-order valence-electron chi connectivity index (χ1n) is 7.04. The van der Waals surface area contributed by atoms with Crippen LogP contribution >= 0.6 is 0 Å². The van der Waals surface area contributed by atoms with E-state index in [1.807, 2.05) is 31.0 Å². The Kier molecular flexibility index (Phi) is 5.28. The molecule has 21 heavy (non-hydrogen) atoms.